The van der Waals surface area contributed by atoms with E-state index in [1.807, 2.05) is 24.3 Å². The molecule has 0 unspecified atom stereocenters. The summed E-state index contributed by atoms with van der Waals surface area (Å²) in [7, 11) is 3.18. The van der Waals surface area contributed by atoms with E-state index in [1.54, 1.807) is 32.4 Å². The standard InChI is InChI=1S/C17H14O4.CH4/c1-19-12-5-3-11(4-6-12)16-10-15(18)14-8-7-13(20-2)9-17(14)21-16;/h3-10H,1-2H3;1H4. The minimum absolute atomic E-state index is 0. The molecule has 3 aromatic rings. The van der Waals surface area contributed by atoms with Crippen molar-refractivity contribution < 1.29 is 13.9 Å². The molecular weight excluding hydrogens is 280 g/mol. The summed E-state index contributed by atoms with van der Waals surface area (Å²) in [6, 6.07) is 14.0. The number of ether oxygens (including phenoxy) is 2. The molecule has 0 aliphatic carbocycles. The Balaban J connectivity index is 0.00000176. The molecule has 0 aliphatic heterocycles. The van der Waals surface area contributed by atoms with Crippen molar-refractivity contribution in [1.82, 2.24) is 0 Å². The number of rotatable bonds is 3. The molecular formula is C18H18O4. The summed E-state index contributed by atoms with van der Waals surface area (Å²) in [5.74, 6) is 1.92. The van der Waals surface area contributed by atoms with E-state index in [1.165, 1.54) is 6.07 Å². The van der Waals surface area contributed by atoms with E-state index >= 15 is 0 Å². The summed E-state index contributed by atoms with van der Waals surface area (Å²) in [5, 5.41) is 0.535. The van der Waals surface area contributed by atoms with Crippen molar-refractivity contribution in [3.05, 3.63) is 58.8 Å². The maximum atomic E-state index is 12.2. The second kappa shape index (κ2) is 6.35. The third kappa shape index (κ3) is 2.81. The monoisotopic (exact) mass is 298 g/mol. The second-order valence-electron chi connectivity index (χ2n) is 4.57. The van der Waals surface area contributed by atoms with Crippen LogP contribution in [0.2, 0.25) is 0 Å². The first-order valence-corrected chi connectivity index (χ1v) is 6.47. The molecule has 0 saturated heterocycles. The van der Waals surface area contributed by atoms with Crippen LogP contribution in [0.4, 0.5) is 0 Å². The number of hydrogen-bond donors (Lipinski definition) is 0. The average Bonchev–Trinajstić information content (AvgIpc) is 2.54. The molecule has 0 N–H and O–H groups in total. The molecule has 1 heterocycles. The quantitative estimate of drug-likeness (QED) is 0.730. The predicted molar refractivity (Wildman–Crippen MR) is 87.8 cm³/mol. The Hall–Kier alpha value is -2.75. The lowest BCUT2D eigenvalue weighted by molar-refractivity contribution is 0.414. The van der Waals surface area contributed by atoms with Crippen LogP contribution in [0.25, 0.3) is 22.3 Å². The summed E-state index contributed by atoms with van der Waals surface area (Å²) in [4.78, 5) is 12.2. The fraction of sp³-hybridized carbons (Fsp3) is 0.167. The summed E-state index contributed by atoms with van der Waals surface area (Å²) in [6.45, 7) is 0. The first kappa shape index (κ1) is 15.6. The van der Waals surface area contributed by atoms with Gasteiger partial charge in [-0.3, -0.25) is 4.79 Å². The van der Waals surface area contributed by atoms with Gasteiger partial charge in [0, 0.05) is 17.7 Å². The lowest BCUT2D eigenvalue weighted by Gasteiger charge is -2.06. The molecule has 0 fully saturated rings. The summed E-state index contributed by atoms with van der Waals surface area (Å²) in [5.41, 5.74) is 1.25. The van der Waals surface area contributed by atoms with Crippen molar-refractivity contribution in [2.45, 2.75) is 7.43 Å². The molecule has 0 atom stereocenters. The Bertz CT molecular complexity index is 832. The van der Waals surface area contributed by atoms with Gasteiger partial charge in [0.1, 0.15) is 22.8 Å². The van der Waals surface area contributed by atoms with Crippen LogP contribution in [0.3, 0.4) is 0 Å². The lowest BCUT2D eigenvalue weighted by Crippen LogP contribution is -2.00. The third-order valence-corrected chi connectivity index (χ3v) is 3.31. The van der Waals surface area contributed by atoms with E-state index in [0.717, 1.165) is 11.3 Å². The summed E-state index contributed by atoms with van der Waals surface area (Å²) in [6.07, 6.45) is 0. The fourth-order valence-electron chi connectivity index (χ4n) is 2.16. The zero-order valence-electron chi connectivity index (χ0n) is 11.8. The smallest absolute Gasteiger partial charge is 0.193 e. The topological polar surface area (TPSA) is 48.7 Å². The molecule has 1 aromatic heterocycles. The molecule has 4 heteroatoms. The van der Waals surface area contributed by atoms with Crippen LogP contribution >= 0.6 is 0 Å². The van der Waals surface area contributed by atoms with Crippen molar-refractivity contribution in [3.63, 3.8) is 0 Å². The normalized spacial score (nSPS) is 10.1. The SMILES string of the molecule is C.COc1ccc(-c2cc(=O)c3ccc(OC)cc3o2)cc1. The zero-order valence-corrected chi connectivity index (χ0v) is 11.8. The van der Waals surface area contributed by atoms with Gasteiger partial charge in [-0.25, -0.2) is 0 Å². The second-order valence-corrected chi connectivity index (χ2v) is 4.57. The van der Waals surface area contributed by atoms with Crippen LogP contribution in [0.5, 0.6) is 11.5 Å². The summed E-state index contributed by atoms with van der Waals surface area (Å²) < 4.78 is 16.1. The molecule has 4 nitrogen and oxygen atoms in total. The minimum atomic E-state index is -0.0790. The molecule has 0 radical (unpaired) electrons. The predicted octanol–water partition coefficient (Wildman–Crippen LogP) is 4.11. The van der Waals surface area contributed by atoms with Gasteiger partial charge < -0.3 is 13.9 Å². The van der Waals surface area contributed by atoms with Crippen molar-refractivity contribution in [2.24, 2.45) is 0 Å². The van der Waals surface area contributed by atoms with E-state index in [9.17, 15) is 4.79 Å². The molecule has 0 spiro atoms. The summed E-state index contributed by atoms with van der Waals surface area (Å²) >= 11 is 0. The maximum Gasteiger partial charge on any atom is 0.193 e. The Labute approximate surface area is 128 Å². The van der Waals surface area contributed by atoms with E-state index in [4.69, 9.17) is 13.9 Å². The first-order chi connectivity index (χ1) is 10.2. The maximum absolute atomic E-state index is 12.2. The number of methoxy groups -OCH3 is 2. The third-order valence-electron chi connectivity index (χ3n) is 3.31. The Morgan fingerprint density at radius 3 is 2.14 bits per heavy atom. The zero-order chi connectivity index (χ0) is 14.8. The molecule has 0 saturated carbocycles. The highest BCUT2D eigenvalue weighted by molar-refractivity contribution is 5.80. The highest BCUT2D eigenvalue weighted by Crippen LogP contribution is 2.26. The van der Waals surface area contributed by atoms with Crippen molar-refractivity contribution in [3.8, 4) is 22.8 Å². The van der Waals surface area contributed by atoms with Crippen LogP contribution in [-0.2, 0) is 0 Å². The Morgan fingerprint density at radius 1 is 0.864 bits per heavy atom. The van der Waals surface area contributed by atoms with E-state index in [0.29, 0.717) is 22.5 Å². The number of benzene rings is 2. The lowest BCUT2D eigenvalue weighted by atomic mass is 10.1. The van der Waals surface area contributed by atoms with Gasteiger partial charge in [0.15, 0.2) is 5.43 Å². The van der Waals surface area contributed by atoms with Crippen molar-refractivity contribution in [2.75, 3.05) is 14.2 Å². The van der Waals surface area contributed by atoms with Gasteiger partial charge in [0.05, 0.1) is 19.6 Å². The highest BCUT2D eigenvalue weighted by atomic mass is 16.5. The van der Waals surface area contributed by atoms with Crippen LogP contribution in [0, 0.1) is 0 Å². The van der Waals surface area contributed by atoms with Crippen LogP contribution < -0.4 is 14.9 Å². The van der Waals surface area contributed by atoms with Crippen LogP contribution in [-0.4, -0.2) is 14.2 Å². The van der Waals surface area contributed by atoms with Crippen molar-refractivity contribution >= 4 is 11.0 Å². The molecule has 114 valence electrons. The van der Waals surface area contributed by atoms with Gasteiger partial charge in [-0.1, -0.05) is 7.43 Å². The molecule has 22 heavy (non-hydrogen) atoms. The number of fused-ring (bicyclic) bond motifs is 1. The molecule has 0 aliphatic rings. The average molecular weight is 298 g/mol. The van der Waals surface area contributed by atoms with E-state index in [2.05, 4.69) is 0 Å². The molecule has 2 aromatic carbocycles. The van der Waals surface area contributed by atoms with Gasteiger partial charge in [-0.05, 0) is 36.4 Å². The largest absolute Gasteiger partial charge is 0.497 e. The Kier molecular flexibility index (Phi) is 4.51. The Morgan fingerprint density at radius 2 is 1.50 bits per heavy atom. The van der Waals surface area contributed by atoms with Gasteiger partial charge >= 0.3 is 0 Å². The molecule has 3 rings (SSSR count). The minimum Gasteiger partial charge on any atom is -0.497 e. The van der Waals surface area contributed by atoms with E-state index < -0.39 is 0 Å². The van der Waals surface area contributed by atoms with Gasteiger partial charge in [-0.15, -0.1) is 0 Å². The molecule has 0 bridgehead atoms. The van der Waals surface area contributed by atoms with Gasteiger partial charge in [0.25, 0.3) is 0 Å². The van der Waals surface area contributed by atoms with Gasteiger partial charge in [-0.2, -0.15) is 0 Å². The van der Waals surface area contributed by atoms with Gasteiger partial charge in [0.2, 0.25) is 0 Å². The number of hydrogen-bond acceptors (Lipinski definition) is 4. The van der Waals surface area contributed by atoms with Crippen molar-refractivity contribution in [1.29, 1.82) is 0 Å². The highest BCUT2D eigenvalue weighted by Gasteiger charge is 2.08. The fourth-order valence-corrected chi connectivity index (χ4v) is 2.16. The molecule has 0 amide bonds. The first-order valence-electron chi connectivity index (χ1n) is 6.47. The van der Waals surface area contributed by atoms with Crippen LogP contribution in [0.1, 0.15) is 7.43 Å². The van der Waals surface area contributed by atoms with Crippen LogP contribution in [0.15, 0.2) is 57.7 Å². The van der Waals surface area contributed by atoms with E-state index in [-0.39, 0.29) is 12.9 Å².